The number of anilines is 1. The largest absolute Gasteiger partial charge is 0.494 e. The minimum atomic E-state index is -2.82. The van der Waals surface area contributed by atoms with Gasteiger partial charge in [0.05, 0.1) is 18.9 Å². The van der Waals surface area contributed by atoms with Gasteiger partial charge in [-0.3, -0.25) is 30.2 Å². The number of alkyl halides is 2. The molecule has 0 radical (unpaired) electrons. The van der Waals surface area contributed by atoms with Crippen LogP contribution in [0.25, 0.3) is 11.1 Å². The number of fused-ring (bicyclic) bond motifs is 1. The van der Waals surface area contributed by atoms with E-state index < -0.39 is 18.0 Å². The molecule has 2 saturated carbocycles. The second-order valence-corrected chi connectivity index (χ2v) is 10.8. The third-order valence-corrected chi connectivity index (χ3v) is 7.86. The summed E-state index contributed by atoms with van der Waals surface area (Å²) in [5.74, 6) is 7.55. The average Bonchev–Trinajstić information content (AvgIpc) is 3.84. The summed E-state index contributed by atoms with van der Waals surface area (Å²) in [5, 5.41) is 6.98. The van der Waals surface area contributed by atoms with E-state index in [9.17, 15) is 18.4 Å². The van der Waals surface area contributed by atoms with Gasteiger partial charge in [0.15, 0.2) is 10.5 Å². The maximum absolute atomic E-state index is 13.6. The number of nitrogens with one attached hydrogen (secondary N) is 2. The Morgan fingerprint density at radius 3 is 2.82 bits per heavy atom. The topological polar surface area (TPSA) is 109 Å². The first-order chi connectivity index (χ1) is 18.4. The summed E-state index contributed by atoms with van der Waals surface area (Å²) < 4.78 is 32.5. The number of nitrogens with zero attached hydrogens (tertiary/aromatic N) is 4. The summed E-state index contributed by atoms with van der Waals surface area (Å²) in [5.41, 5.74) is 3.08. The smallest absolute Gasteiger partial charge is 0.280 e. The number of hydrogen-bond acceptors (Lipinski definition) is 8. The number of hydrogen-bond donors (Lipinski definition) is 2. The highest BCUT2D eigenvalue weighted by molar-refractivity contribution is 8.14. The summed E-state index contributed by atoms with van der Waals surface area (Å²) >= 11 is 1.28. The van der Waals surface area contributed by atoms with Crippen LogP contribution in [0.5, 0.6) is 5.75 Å². The van der Waals surface area contributed by atoms with E-state index >= 15 is 0 Å². The van der Waals surface area contributed by atoms with Gasteiger partial charge in [-0.15, -0.1) is 0 Å². The minimum Gasteiger partial charge on any atom is -0.494 e. The van der Waals surface area contributed by atoms with Crippen LogP contribution in [0.1, 0.15) is 48.2 Å². The number of pyridine rings is 2. The molecule has 3 atom stereocenters. The molecule has 3 unspecified atom stereocenters. The van der Waals surface area contributed by atoms with Gasteiger partial charge in [-0.05, 0) is 55.0 Å². The van der Waals surface area contributed by atoms with Crippen molar-refractivity contribution in [2.75, 3.05) is 18.6 Å². The van der Waals surface area contributed by atoms with Crippen LogP contribution in [-0.2, 0) is 4.79 Å². The second kappa shape index (κ2) is 9.87. The van der Waals surface area contributed by atoms with Crippen LogP contribution in [0.4, 0.5) is 14.6 Å². The molecule has 38 heavy (non-hydrogen) atoms. The van der Waals surface area contributed by atoms with Gasteiger partial charge in [0.1, 0.15) is 17.3 Å². The molecule has 9 nitrogen and oxygen atoms in total. The summed E-state index contributed by atoms with van der Waals surface area (Å²) in [7, 11) is 1.39. The Balaban J connectivity index is 1.33. The Hall–Kier alpha value is -3.72. The Morgan fingerprint density at radius 1 is 1.21 bits per heavy atom. The van der Waals surface area contributed by atoms with Gasteiger partial charge < -0.3 is 4.74 Å². The van der Waals surface area contributed by atoms with Crippen LogP contribution in [0.2, 0.25) is 0 Å². The summed E-state index contributed by atoms with van der Waals surface area (Å²) in [6.07, 6.45) is 3.40. The number of rotatable bonds is 5. The number of methoxy groups -OCH3 is 1. The maximum Gasteiger partial charge on any atom is 0.280 e. The van der Waals surface area contributed by atoms with Crippen molar-refractivity contribution < 1.29 is 23.1 Å². The molecular weight excluding hydrogens is 514 g/mol. The van der Waals surface area contributed by atoms with Gasteiger partial charge in [-0.25, -0.2) is 13.8 Å². The van der Waals surface area contributed by atoms with Gasteiger partial charge in [0, 0.05) is 36.2 Å². The van der Waals surface area contributed by atoms with E-state index in [1.165, 1.54) is 37.3 Å². The van der Waals surface area contributed by atoms with Crippen LogP contribution in [0.3, 0.4) is 0 Å². The zero-order valence-corrected chi connectivity index (χ0v) is 21.2. The van der Waals surface area contributed by atoms with E-state index in [4.69, 9.17) is 4.74 Å². The van der Waals surface area contributed by atoms with Crippen molar-refractivity contribution in [3.8, 4) is 28.7 Å². The molecular formula is C26H24F2N6O3S. The third kappa shape index (κ3) is 5.03. The molecule has 196 valence electrons. The Kier molecular flexibility index (Phi) is 6.39. The fraction of sp³-hybridized carbons (Fsp3) is 0.423. The molecule has 2 aromatic heterocycles. The molecule has 0 aromatic carbocycles. The second-order valence-electron chi connectivity index (χ2n) is 9.72. The molecule has 4 heterocycles. The molecule has 2 aromatic rings. The van der Waals surface area contributed by atoms with E-state index in [1.807, 2.05) is 0 Å². The van der Waals surface area contributed by atoms with Crippen molar-refractivity contribution >= 4 is 34.6 Å². The van der Waals surface area contributed by atoms with E-state index in [0.29, 0.717) is 47.3 Å². The highest BCUT2D eigenvalue weighted by Gasteiger charge is 2.46. The number of aromatic nitrogens is 2. The number of halogens is 2. The Morgan fingerprint density at radius 2 is 2.05 bits per heavy atom. The van der Waals surface area contributed by atoms with Gasteiger partial charge in [0.25, 0.3) is 12.3 Å². The molecule has 2 amide bonds. The molecule has 2 aliphatic heterocycles. The van der Waals surface area contributed by atoms with Crippen LogP contribution in [0.15, 0.2) is 29.6 Å². The fourth-order valence-electron chi connectivity index (χ4n) is 4.61. The molecule has 2 aliphatic carbocycles. The number of amides is 2. The van der Waals surface area contributed by atoms with Crippen molar-refractivity contribution in [1.29, 1.82) is 0 Å². The first-order valence-corrected chi connectivity index (χ1v) is 13.2. The highest BCUT2D eigenvalue weighted by Crippen LogP contribution is 2.46. The Bertz CT molecular complexity index is 1400. The van der Waals surface area contributed by atoms with Gasteiger partial charge in [-0.2, -0.15) is 5.10 Å². The zero-order chi connectivity index (χ0) is 26.4. The quantitative estimate of drug-likeness (QED) is 0.561. The Labute approximate surface area is 221 Å². The summed E-state index contributed by atoms with van der Waals surface area (Å²) in [4.78, 5) is 36.0. The number of hydrazone groups is 1. The van der Waals surface area contributed by atoms with Crippen LogP contribution < -0.4 is 20.4 Å². The number of ether oxygens (including phenoxy) is 1. The van der Waals surface area contributed by atoms with Gasteiger partial charge in [0.2, 0.25) is 5.91 Å². The first kappa shape index (κ1) is 24.6. The van der Waals surface area contributed by atoms with Crippen molar-refractivity contribution in [3.63, 3.8) is 0 Å². The molecule has 2 N–H and O–H groups in total. The lowest BCUT2D eigenvalue weighted by Crippen LogP contribution is -2.37. The molecule has 0 bridgehead atoms. The van der Waals surface area contributed by atoms with E-state index in [-0.39, 0.29) is 28.2 Å². The van der Waals surface area contributed by atoms with Gasteiger partial charge >= 0.3 is 0 Å². The van der Waals surface area contributed by atoms with E-state index in [1.54, 1.807) is 11.0 Å². The number of carbonyl (C=O) groups is 2. The van der Waals surface area contributed by atoms with Crippen molar-refractivity contribution in [2.45, 2.75) is 37.5 Å². The number of amidine groups is 1. The average molecular weight is 539 g/mol. The molecule has 6 rings (SSSR count). The van der Waals surface area contributed by atoms with Crippen molar-refractivity contribution in [2.24, 2.45) is 22.9 Å². The summed E-state index contributed by atoms with van der Waals surface area (Å²) in [6, 6.07) is 2.77. The molecule has 12 heteroatoms. The minimum absolute atomic E-state index is 0.0458. The summed E-state index contributed by atoms with van der Waals surface area (Å²) in [6.45, 7) is 0.541. The monoisotopic (exact) mass is 538 g/mol. The standard InChI is InChI=1S/C26H24F2N6O3S/c1-37-20-11-29-19(24(27)28)8-17(20)16-9-21(34-12-15-6-14(15)7-23(34)35)30-10-18(16)25(36)31-26-33-32-22(38-26)5-4-13-2-3-13/h8-11,13-15,22,24,32H,2-3,6-7,12H2,1H3,(H,31,33,36). The molecule has 0 spiro atoms. The van der Waals surface area contributed by atoms with Crippen LogP contribution >= 0.6 is 11.8 Å². The lowest BCUT2D eigenvalue weighted by Gasteiger charge is -2.26. The predicted molar refractivity (Wildman–Crippen MR) is 137 cm³/mol. The number of carbonyl (C=O) groups excluding carboxylic acids is 2. The predicted octanol–water partition coefficient (Wildman–Crippen LogP) is 3.54. The van der Waals surface area contributed by atoms with Crippen LogP contribution in [0, 0.1) is 29.6 Å². The van der Waals surface area contributed by atoms with E-state index in [2.05, 4.69) is 37.7 Å². The SMILES string of the molecule is COc1cnc(C(F)F)cc1-c1cc(N2CC3CC3CC2=O)ncc1C(=O)NC1=NNC(C#CC2CC2)S1. The van der Waals surface area contributed by atoms with E-state index in [0.717, 1.165) is 19.3 Å². The zero-order valence-electron chi connectivity index (χ0n) is 20.4. The lowest BCUT2D eigenvalue weighted by atomic mass is 9.99. The van der Waals surface area contributed by atoms with Crippen molar-refractivity contribution in [3.05, 3.63) is 35.8 Å². The molecule has 1 saturated heterocycles. The van der Waals surface area contributed by atoms with Gasteiger partial charge in [-0.1, -0.05) is 11.8 Å². The lowest BCUT2D eigenvalue weighted by molar-refractivity contribution is -0.119. The van der Waals surface area contributed by atoms with Crippen molar-refractivity contribution in [1.82, 2.24) is 20.7 Å². The number of thioether (sulfide) groups is 1. The maximum atomic E-state index is 13.6. The fourth-order valence-corrected chi connectivity index (χ4v) is 5.32. The first-order valence-electron chi connectivity index (χ1n) is 12.3. The molecule has 4 aliphatic rings. The molecule has 3 fully saturated rings. The number of piperidine rings is 1. The van der Waals surface area contributed by atoms with Crippen LogP contribution in [-0.4, -0.2) is 46.0 Å². The third-order valence-electron chi connectivity index (χ3n) is 6.99. The normalized spacial score (nSPS) is 23.7. The highest BCUT2D eigenvalue weighted by atomic mass is 32.2.